The van der Waals surface area contributed by atoms with E-state index in [1.165, 1.54) is 12.0 Å². The molecular weight excluding hydrogens is 290 g/mol. The Morgan fingerprint density at radius 1 is 1.43 bits per heavy atom. The van der Waals surface area contributed by atoms with E-state index >= 15 is 0 Å². The van der Waals surface area contributed by atoms with Crippen LogP contribution in [0.1, 0.15) is 22.6 Å². The normalized spacial score (nSPS) is 17.2. The third kappa shape index (κ3) is 4.68. The van der Waals surface area contributed by atoms with Crippen LogP contribution in [0.25, 0.3) is 6.08 Å². The average Bonchev–Trinajstić information content (AvgIpc) is 2.92. The molecule has 1 aliphatic heterocycles. The zero-order chi connectivity index (χ0) is 15.2. The molecule has 0 atom stereocenters. The highest BCUT2D eigenvalue weighted by Gasteiger charge is 2.25. The van der Waals surface area contributed by atoms with E-state index in [1.54, 1.807) is 17.4 Å². The van der Waals surface area contributed by atoms with Gasteiger partial charge in [-0.1, -0.05) is 0 Å². The minimum Gasteiger partial charge on any atom is -0.478 e. The molecule has 0 unspecified atom stereocenters. The molecule has 0 aliphatic carbocycles. The summed E-state index contributed by atoms with van der Waals surface area (Å²) in [5, 5.41) is 8.60. The van der Waals surface area contributed by atoms with Crippen LogP contribution in [0.3, 0.4) is 0 Å². The monoisotopic (exact) mass is 309 g/mol. The number of nitrogens with zero attached hydrogens (tertiary/aromatic N) is 1. The molecule has 1 aromatic heterocycles. The number of esters is 1. The Morgan fingerprint density at radius 3 is 2.76 bits per heavy atom. The largest absolute Gasteiger partial charge is 0.478 e. The number of piperidine rings is 1. The predicted octanol–water partition coefficient (Wildman–Crippen LogP) is 2.23. The van der Waals surface area contributed by atoms with Crippen LogP contribution in [-0.2, 0) is 20.9 Å². The molecule has 0 spiro atoms. The van der Waals surface area contributed by atoms with Crippen molar-refractivity contribution >= 4 is 29.4 Å². The Bertz CT molecular complexity index is 530. The lowest BCUT2D eigenvalue weighted by molar-refractivity contribution is -0.147. The quantitative estimate of drug-likeness (QED) is 0.667. The molecule has 2 rings (SSSR count). The number of likely N-dealkylation sites (tertiary alicyclic amines) is 1. The number of ether oxygens (including phenoxy) is 1. The number of carbonyl (C=O) groups is 2. The van der Waals surface area contributed by atoms with Gasteiger partial charge in [-0.15, -0.1) is 11.3 Å². The summed E-state index contributed by atoms with van der Waals surface area (Å²) in [7, 11) is 1.44. The number of rotatable bonds is 5. The van der Waals surface area contributed by atoms with Crippen molar-refractivity contribution in [3.63, 3.8) is 0 Å². The Hall–Kier alpha value is -1.66. The summed E-state index contributed by atoms with van der Waals surface area (Å²) in [6.45, 7) is 2.62. The Kier molecular flexibility index (Phi) is 5.52. The summed E-state index contributed by atoms with van der Waals surface area (Å²) in [6, 6.07) is 3.96. The molecule has 5 nitrogen and oxygen atoms in total. The number of hydrogen-bond acceptors (Lipinski definition) is 5. The molecular formula is C15H19NO4S. The van der Waals surface area contributed by atoms with E-state index in [2.05, 4.69) is 4.90 Å². The van der Waals surface area contributed by atoms with Gasteiger partial charge in [0.1, 0.15) is 0 Å². The highest BCUT2D eigenvalue weighted by molar-refractivity contribution is 7.12. The van der Waals surface area contributed by atoms with Crippen LogP contribution in [0.4, 0.5) is 0 Å². The van der Waals surface area contributed by atoms with Gasteiger partial charge in [-0.2, -0.15) is 0 Å². The Labute approximate surface area is 127 Å². The molecule has 1 N–H and O–H groups in total. The third-order valence-electron chi connectivity index (χ3n) is 3.57. The zero-order valence-electron chi connectivity index (χ0n) is 11.9. The Balaban J connectivity index is 1.84. The molecule has 1 saturated heterocycles. The average molecular weight is 309 g/mol. The zero-order valence-corrected chi connectivity index (χ0v) is 12.8. The SMILES string of the molecule is COC(=O)C1CCN(Cc2ccc(C=CC(=O)O)s2)CC1. The summed E-state index contributed by atoms with van der Waals surface area (Å²) in [6.07, 6.45) is 4.44. The maximum absolute atomic E-state index is 11.5. The molecule has 6 heteroatoms. The number of carbonyl (C=O) groups excluding carboxylic acids is 1. The van der Waals surface area contributed by atoms with Crippen molar-refractivity contribution in [3.05, 3.63) is 28.0 Å². The lowest BCUT2D eigenvalue weighted by Gasteiger charge is -2.30. The van der Waals surface area contributed by atoms with Gasteiger partial charge in [-0.3, -0.25) is 9.69 Å². The lowest BCUT2D eigenvalue weighted by atomic mass is 9.97. The highest BCUT2D eigenvalue weighted by Crippen LogP contribution is 2.23. The number of carboxylic acid groups (broad SMARTS) is 1. The smallest absolute Gasteiger partial charge is 0.328 e. The minimum absolute atomic E-state index is 0.0312. The fraction of sp³-hybridized carbons (Fsp3) is 0.467. The number of hydrogen-bond donors (Lipinski definition) is 1. The first-order valence-electron chi connectivity index (χ1n) is 6.88. The summed E-state index contributed by atoms with van der Waals surface area (Å²) >= 11 is 1.60. The van der Waals surface area contributed by atoms with Crippen molar-refractivity contribution < 1.29 is 19.4 Å². The second kappa shape index (κ2) is 7.38. The van der Waals surface area contributed by atoms with Gasteiger partial charge >= 0.3 is 11.9 Å². The molecule has 0 saturated carbocycles. The van der Waals surface area contributed by atoms with Crippen LogP contribution in [-0.4, -0.2) is 42.1 Å². The van der Waals surface area contributed by atoms with E-state index in [0.29, 0.717) is 0 Å². The predicted molar refractivity (Wildman–Crippen MR) is 81.0 cm³/mol. The third-order valence-corrected chi connectivity index (χ3v) is 4.61. The molecule has 1 aliphatic rings. The van der Waals surface area contributed by atoms with Crippen molar-refractivity contribution in [1.82, 2.24) is 4.90 Å². The molecule has 0 bridgehead atoms. The fourth-order valence-electron chi connectivity index (χ4n) is 2.44. The second-order valence-electron chi connectivity index (χ2n) is 5.05. The van der Waals surface area contributed by atoms with Gasteiger partial charge in [0, 0.05) is 22.4 Å². The standard InChI is InChI=1S/C15H19NO4S/c1-20-15(19)11-6-8-16(9-7-11)10-13-3-2-12(21-13)4-5-14(17)18/h2-5,11H,6-10H2,1H3,(H,17,18). The van der Waals surface area contributed by atoms with Crippen molar-refractivity contribution in [2.24, 2.45) is 5.92 Å². The van der Waals surface area contributed by atoms with Gasteiger partial charge in [0.05, 0.1) is 13.0 Å². The van der Waals surface area contributed by atoms with Crippen molar-refractivity contribution in [2.45, 2.75) is 19.4 Å². The van der Waals surface area contributed by atoms with Gasteiger partial charge in [-0.05, 0) is 44.1 Å². The molecule has 114 valence electrons. The fourth-order valence-corrected chi connectivity index (χ4v) is 3.39. The van der Waals surface area contributed by atoms with Gasteiger partial charge in [-0.25, -0.2) is 4.79 Å². The molecule has 1 fully saturated rings. The van der Waals surface area contributed by atoms with Crippen LogP contribution in [0.5, 0.6) is 0 Å². The summed E-state index contributed by atoms with van der Waals surface area (Å²) < 4.78 is 4.78. The minimum atomic E-state index is -0.935. The molecule has 1 aromatic rings. The molecule has 2 heterocycles. The van der Waals surface area contributed by atoms with Crippen LogP contribution in [0.15, 0.2) is 18.2 Å². The van der Waals surface area contributed by atoms with Crippen LogP contribution < -0.4 is 0 Å². The van der Waals surface area contributed by atoms with Gasteiger partial charge < -0.3 is 9.84 Å². The Morgan fingerprint density at radius 2 is 2.14 bits per heavy atom. The van der Waals surface area contributed by atoms with Crippen molar-refractivity contribution in [2.75, 3.05) is 20.2 Å². The summed E-state index contributed by atoms with van der Waals surface area (Å²) in [5.74, 6) is -1.01. The van der Waals surface area contributed by atoms with E-state index in [-0.39, 0.29) is 11.9 Å². The summed E-state index contributed by atoms with van der Waals surface area (Å²) in [4.78, 5) is 26.4. The number of thiophene rings is 1. The van der Waals surface area contributed by atoms with Crippen LogP contribution in [0.2, 0.25) is 0 Å². The van der Waals surface area contributed by atoms with Crippen LogP contribution >= 0.6 is 11.3 Å². The molecule has 0 amide bonds. The molecule has 0 radical (unpaired) electrons. The van der Waals surface area contributed by atoms with Gasteiger partial charge in [0.2, 0.25) is 0 Å². The first kappa shape index (κ1) is 15.7. The van der Waals surface area contributed by atoms with E-state index in [0.717, 1.165) is 43.4 Å². The number of methoxy groups -OCH3 is 1. The van der Waals surface area contributed by atoms with Crippen molar-refractivity contribution in [3.8, 4) is 0 Å². The number of carboxylic acids is 1. The topological polar surface area (TPSA) is 66.8 Å². The second-order valence-corrected chi connectivity index (χ2v) is 6.25. The number of aliphatic carboxylic acids is 1. The van der Waals surface area contributed by atoms with Crippen molar-refractivity contribution in [1.29, 1.82) is 0 Å². The lowest BCUT2D eigenvalue weighted by Crippen LogP contribution is -2.36. The molecule has 0 aromatic carbocycles. The van der Waals surface area contributed by atoms with E-state index < -0.39 is 5.97 Å². The van der Waals surface area contributed by atoms with Gasteiger partial charge in [0.15, 0.2) is 0 Å². The van der Waals surface area contributed by atoms with Crippen LogP contribution in [0, 0.1) is 5.92 Å². The first-order chi connectivity index (χ1) is 10.1. The van der Waals surface area contributed by atoms with E-state index in [4.69, 9.17) is 9.84 Å². The highest BCUT2D eigenvalue weighted by atomic mass is 32.1. The van der Waals surface area contributed by atoms with E-state index in [9.17, 15) is 9.59 Å². The maximum Gasteiger partial charge on any atom is 0.328 e. The van der Waals surface area contributed by atoms with Gasteiger partial charge in [0.25, 0.3) is 0 Å². The first-order valence-corrected chi connectivity index (χ1v) is 7.70. The summed E-state index contributed by atoms with van der Waals surface area (Å²) in [5.41, 5.74) is 0. The maximum atomic E-state index is 11.5. The molecule has 21 heavy (non-hydrogen) atoms. The van der Waals surface area contributed by atoms with E-state index in [1.807, 2.05) is 12.1 Å².